The van der Waals surface area contributed by atoms with Gasteiger partial charge < -0.3 is 19.3 Å². The predicted octanol–water partition coefficient (Wildman–Crippen LogP) is 4.70. The monoisotopic (exact) mass is 463 g/mol. The summed E-state index contributed by atoms with van der Waals surface area (Å²) < 4.78 is 16.0. The number of ketones is 1. The maximum atomic E-state index is 13.2. The maximum Gasteiger partial charge on any atom is 0.300 e. The lowest BCUT2D eigenvalue weighted by atomic mass is 9.95. The summed E-state index contributed by atoms with van der Waals surface area (Å²) in [7, 11) is 1.45. The van der Waals surface area contributed by atoms with Crippen molar-refractivity contribution < 1.29 is 28.9 Å². The third-order valence-corrected chi connectivity index (χ3v) is 5.93. The van der Waals surface area contributed by atoms with Crippen LogP contribution in [-0.2, 0) is 9.59 Å². The van der Waals surface area contributed by atoms with Gasteiger partial charge in [-0.25, -0.2) is 0 Å². The third kappa shape index (κ3) is 3.47. The van der Waals surface area contributed by atoms with Crippen molar-refractivity contribution in [3.8, 4) is 17.2 Å². The molecule has 0 radical (unpaired) electrons. The summed E-state index contributed by atoms with van der Waals surface area (Å²) in [5.74, 6) is -0.510. The van der Waals surface area contributed by atoms with E-state index < -0.39 is 17.7 Å². The number of methoxy groups -OCH3 is 1. The van der Waals surface area contributed by atoms with Crippen LogP contribution in [0.2, 0.25) is 5.02 Å². The molecule has 1 saturated heterocycles. The van der Waals surface area contributed by atoms with E-state index in [1.807, 2.05) is 6.07 Å². The molecule has 1 amide bonds. The number of ether oxygens (including phenoxy) is 3. The van der Waals surface area contributed by atoms with Crippen LogP contribution in [-0.4, -0.2) is 30.7 Å². The summed E-state index contributed by atoms with van der Waals surface area (Å²) >= 11 is 6.11. The predicted molar refractivity (Wildman–Crippen MR) is 122 cm³/mol. The van der Waals surface area contributed by atoms with Crippen molar-refractivity contribution in [2.75, 3.05) is 18.8 Å². The molecule has 1 atom stereocenters. The molecular weight excluding hydrogens is 446 g/mol. The molecule has 3 aromatic rings. The zero-order chi connectivity index (χ0) is 23.1. The summed E-state index contributed by atoms with van der Waals surface area (Å²) in [5, 5.41) is 11.6. The number of aliphatic hydroxyl groups is 1. The normalized spacial score (nSPS) is 18.6. The van der Waals surface area contributed by atoms with Crippen LogP contribution in [0.5, 0.6) is 17.2 Å². The van der Waals surface area contributed by atoms with Gasteiger partial charge in [-0.2, -0.15) is 0 Å². The highest BCUT2D eigenvalue weighted by Crippen LogP contribution is 2.45. The molecule has 1 fully saturated rings. The number of benzene rings is 3. The summed E-state index contributed by atoms with van der Waals surface area (Å²) in [6.45, 7) is 0.0815. The first kappa shape index (κ1) is 20.9. The first-order valence-corrected chi connectivity index (χ1v) is 10.5. The second-order valence-electron chi connectivity index (χ2n) is 7.47. The van der Waals surface area contributed by atoms with Crippen molar-refractivity contribution >= 4 is 34.7 Å². The Bertz CT molecular complexity index is 1300. The summed E-state index contributed by atoms with van der Waals surface area (Å²) in [5.41, 5.74) is 1.38. The number of Topliss-reactive ketones (excluding diaryl/α,β-unsaturated/α-hetero) is 1. The molecule has 5 rings (SSSR count). The van der Waals surface area contributed by atoms with Crippen LogP contribution in [0.25, 0.3) is 5.76 Å². The maximum absolute atomic E-state index is 13.2. The van der Waals surface area contributed by atoms with Crippen molar-refractivity contribution in [1.82, 2.24) is 0 Å². The van der Waals surface area contributed by atoms with Crippen LogP contribution in [0.3, 0.4) is 0 Å². The van der Waals surface area contributed by atoms with E-state index in [-0.39, 0.29) is 18.1 Å². The van der Waals surface area contributed by atoms with Gasteiger partial charge in [0.1, 0.15) is 11.5 Å². The van der Waals surface area contributed by atoms with Gasteiger partial charge in [-0.3, -0.25) is 14.5 Å². The Morgan fingerprint density at radius 1 is 1.03 bits per heavy atom. The summed E-state index contributed by atoms with van der Waals surface area (Å²) in [6.07, 6.45) is 0. The quantitative estimate of drug-likeness (QED) is 0.343. The van der Waals surface area contributed by atoms with Crippen molar-refractivity contribution in [3.05, 3.63) is 88.5 Å². The molecule has 3 aromatic carbocycles. The van der Waals surface area contributed by atoms with Crippen LogP contribution in [0.15, 0.2) is 72.3 Å². The molecule has 7 nitrogen and oxygen atoms in total. The molecule has 2 aliphatic heterocycles. The molecule has 0 aromatic heterocycles. The van der Waals surface area contributed by atoms with E-state index >= 15 is 0 Å². The van der Waals surface area contributed by atoms with E-state index in [1.165, 1.54) is 18.1 Å². The summed E-state index contributed by atoms with van der Waals surface area (Å²) in [4.78, 5) is 27.8. The van der Waals surface area contributed by atoms with E-state index in [2.05, 4.69) is 0 Å². The molecular formula is C25H18ClNO6. The molecule has 0 saturated carbocycles. The first-order chi connectivity index (χ1) is 16.0. The highest BCUT2D eigenvalue weighted by atomic mass is 35.5. The van der Waals surface area contributed by atoms with E-state index in [0.29, 0.717) is 39.1 Å². The largest absolute Gasteiger partial charge is 0.507 e. The van der Waals surface area contributed by atoms with E-state index in [1.54, 1.807) is 54.6 Å². The van der Waals surface area contributed by atoms with Crippen molar-refractivity contribution in [3.63, 3.8) is 0 Å². The highest BCUT2D eigenvalue weighted by Gasteiger charge is 2.47. The molecule has 8 heteroatoms. The zero-order valence-corrected chi connectivity index (χ0v) is 18.2. The molecule has 33 heavy (non-hydrogen) atoms. The Kier molecular flexibility index (Phi) is 5.18. The average Bonchev–Trinajstić information content (AvgIpc) is 3.41. The fourth-order valence-corrected chi connectivity index (χ4v) is 4.24. The van der Waals surface area contributed by atoms with E-state index in [4.69, 9.17) is 25.8 Å². The number of aliphatic hydroxyl groups excluding tert-OH is 1. The SMILES string of the molecule is COc1cc(/C(O)=C2\C(=O)C(=O)N(c3ccc4c(c3)OCO4)C2c2ccccc2)ccc1Cl. The second-order valence-corrected chi connectivity index (χ2v) is 7.87. The average molecular weight is 464 g/mol. The minimum atomic E-state index is -0.853. The van der Waals surface area contributed by atoms with E-state index in [0.717, 1.165) is 0 Å². The lowest BCUT2D eigenvalue weighted by Crippen LogP contribution is -2.29. The number of hydrogen-bond acceptors (Lipinski definition) is 6. The number of hydrogen-bond donors (Lipinski definition) is 1. The summed E-state index contributed by atoms with van der Waals surface area (Å²) in [6, 6.07) is 17.8. The number of amides is 1. The van der Waals surface area contributed by atoms with Gasteiger partial charge in [0.25, 0.3) is 11.7 Å². The minimum Gasteiger partial charge on any atom is -0.507 e. The third-order valence-electron chi connectivity index (χ3n) is 5.62. The molecule has 1 unspecified atom stereocenters. The van der Waals surface area contributed by atoms with Crippen LogP contribution < -0.4 is 19.1 Å². The smallest absolute Gasteiger partial charge is 0.300 e. The number of fused-ring (bicyclic) bond motifs is 1. The van der Waals surface area contributed by atoms with Gasteiger partial charge in [-0.1, -0.05) is 41.9 Å². The number of rotatable bonds is 4. The molecule has 0 bridgehead atoms. The van der Waals surface area contributed by atoms with Gasteiger partial charge in [0.15, 0.2) is 11.5 Å². The molecule has 2 heterocycles. The Morgan fingerprint density at radius 2 is 1.79 bits per heavy atom. The standard InChI is InChI=1S/C25H18ClNO6/c1-31-19-11-15(7-9-17(19)26)23(28)21-22(14-5-3-2-4-6-14)27(25(30)24(21)29)16-8-10-18-20(12-16)33-13-32-18/h2-12,22,28H,13H2,1H3/b23-21+. The molecule has 1 N–H and O–H groups in total. The van der Waals surface area contributed by atoms with Gasteiger partial charge in [0.2, 0.25) is 6.79 Å². The van der Waals surface area contributed by atoms with Gasteiger partial charge in [0, 0.05) is 17.3 Å². The highest BCUT2D eigenvalue weighted by molar-refractivity contribution is 6.51. The number of carbonyl (C=O) groups is 2. The van der Waals surface area contributed by atoms with Crippen molar-refractivity contribution in [2.24, 2.45) is 0 Å². The molecule has 166 valence electrons. The van der Waals surface area contributed by atoms with Crippen LogP contribution in [0, 0.1) is 0 Å². The number of anilines is 1. The van der Waals surface area contributed by atoms with Gasteiger partial charge >= 0.3 is 0 Å². The van der Waals surface area contributed by atoms with Crippen molar-refractivity contribution in [2.45, 2.75) is 6.04 Å². The molecule has 2 aliphatic rings. The minimum absolute atomic E-state index is 0.0340. The number of carbonyl (C=O) groups excluding carboxylic acids is 2. The Morgan fingerprint density at radius 3 is 2.55 bits per heavy atom. The first-order valence-electron chi connectivity index (χ1n) is 10.1. The van der Waals surface area contributed by atoms with Gasteiger partial charge in [-0.15, -0.1) is 0 Å². The van der Waals surface area contributed by atoms with Crippen molar-refractivity contribution in [1.29, 1.82) is 0 Å². The number of nitrogens with zero attached hydrogens (tertiary/aromatic N) is 1. The van der Waals surface area contributed by atoms with Gasteiger partial charge in [0.05, 0.1) is 23.7 Å². The van der Waals surface area contributed by atoms with E-state index in [9.17, 15) is 14.7 Å². The Labute approximate surface area is 194 Å². The molecule has 0 aliphatic carbocycles. The fraction of sp³-hybridized carbons (Fsp3) is 0.120. The molecule has 0 spiro atoms. The van der Waals surface area contributed by atoms with Crippen LogP contribution in [0.1, 0.15) is 17.2 Å². The van der Waals surface area contributed by atoms with Gasteiger partial charge in [-0.05, 0) is 35.9 Å². The Balaban J connectivity index is 1.70. The lowest BCUT2D eigenvalue weighted by Gasteiger charge is -2.25. The topological polar surface area (TPSA) is 85.3 Å². The Hall–Kier alpha value is -3.97. The lowest BCUT2D eigenvalue weighted by molar-refractivity contribution is -0.132. The second kappa shape index (κ2) is 8.18. The van der Waals surface area contributed by atoms with Crippen LogP contribution in [0.4, 0.5) is 5.69 Å². The number of halogens is 1. The zero-order valence-electron chi connectivity index (χ0n) is 17.4. The van der Waals surface area contributed by atoms with Crippen LogP contribution >= 0.6 is 11.6 Å². The fourth-order valence-electron chi connectivity index (χ4n) is 4.05.